The second kappa shape index (κ2) is 6.52. The third kappa shape index (κ3) is 2.91. The van der Waals surface area contributed by atoms with Gasteiger partial charge in [-0.15, -0.1) is 11.8 Å². The van der Waals surface area contributed by atoms with Gasteiger partial charge < -0.3 is 4.90 Å². The number of nitrogens with zero attached hydrogens (tertiary/aromatic N) is 1. The van der Waals surface area contributed by atoms with Crippen molar-refractivity contribution < 1.29 is 4.79 Å². The topological polar surface area (TPSA) is 20.3 Å². The number of hydrogen-bond donors (Lipinski definition) is 0. The van der Waals surface area contributed by atoms with E-state index in [9.17, 15) is 4.79 Å². The molecule has 2 aliphatic heterocycles. The highest BCUT2D eigenvalue weighted by Crippen LogP contribution is 2.38. The SMILES string of the molecule is O=C(C1Cc2ccccc2S1)N1CCCCCC1CBr. The maximum Gasteiger partial charge on any atom is 0.236 e. The Kier molecular flexibility index (Phi) is 4.72. The van der Waals surface area contributed by atoms with Crippen molar-refractivity contribution in [3.05, 3.63) is 29.8 Å². The van der Waals surface area contributed by atoms with Crippen LogP contribution in [0.1, 0.15) is 31.2 Å². The molecule has 1 aromatic carbocycles. The number of hydrogen-bond acceptors (Lipinski definition) is 2. The van der Waals surface area contributed by atoms with Crippen molar-refractivity contribution in [1.29, 1.82) is 0 Å². The number of rotatable bonds is 2. The molecule has 20 heavy (non-hydrogen) atoms. The van der Waals surface area contributed by atoms with Gasteiger partial charge in [0.05, 0.1) is 5.25 Å². The second-order valence-electron chi connectivity index (χ2n) is 5.61. The van der Waals surface area contributed by atoms with E-state index in [1.54, 1.807) is 11.8 Å². The zero-order valence-corrected chi connectivity index (χ0v) is 14.0. The fourth-order valence-corrected chi connectivity index (χ4v) is 5.07. The Bertz CT molecular complexity index is 468. The Morgan fingerprint density at radius 2 is 2.15 bits per heavy atom. The van der Waals surface area contributed by atoms with Gasteiger partial charge in [-0.3, -0.25) is 4.79 Å². The first-order chi connectivity index (χ1) is 9.79. The molecule has 4 heteroatoms. The Balaban J connectivity index is 1.73. The summed E-state index contributed by atoms with van der Waals surface area (Å²) in [4.78, 5) is 16.3. The van der Waals surface area contributed by atoms with E-state index < -0.39 is 0 Å². The van der Waals surface area contributed by atoms with Gasteiger partial charge in [0, 0.05) is 22.8 Å². The highest BCUT2D eigenvalue weighted by atomic mass is 79.9. The van der Waals surface area contributed by atoms with Crippen molar-refractivity contribution in [2.24, 2.45) is 0 Å². The number of likely N-dealkylation sites (tertiary alicyclic amines) is 1. The first-order valence-electron chi connectivity index (χ1n) is 7.40. The van der Waals surface area contributed by atoms with E-state index in [2.05, 4.69) is 45.1 Å². The van der Waals surface area contributed by atoms with Gasteiger partial charge >= 0.3 is 0 Å². The van der Waals surface area contributed by atoms with Crippen LogP contribution in [0.3, 0.4) is 0 Å². The maximum absolute atomic E-state index is 12.9. The first kappa shape index (κ1) is 14.5. The number of alkyl halides is 1. The Morgan fingerprint density at radius 1 is 1.30 bits per heavy atom. The van der Waals surface area contributed by atoms with Gasteiger partial charge in [0.15, 0.2) is 0 Å². The van der Waals surface area contributed by atoms with Crippen LogP contribution in [-0.4, -0.2) is 34.0 Å². The Labute approximate surface area is 133 Å². The van der Waals surface area contributed by atoms with Crippen molar-refractivity contribution in [1.82, 2.24) is 4.90 Å². The zero-order valence-electron chi connectivity index (χ0n) is 11.6. The van der Waals surface area contributed by atoms with Crippen LogP contribution in [0.15, 0.2) is 29.2 Å². The van der Waals surface area contributed by atoms with E-state index in [1.165, 1.54) is 23.3 Å². The van der Waals surface area contributed by atoms with Gasteiger partial charge in [0.1, 0.15) is 0 Å². The van der Waals surface area contributed by atoms with Crippen LogP contribution >= 0.6 is 27.7 Å². The van der Waals surface area contributed by atoms with Crippen molar-refractivity contribution >= 4 is 33.6 Å². The molecule has 0 bridgehead atoms. The van der Waals surface area contributed by atoms with E-state index in [-0.39, 0.29) is 5.25 Å². The smallest absolute Gasteiger partial charge is 0.236 e. The van der Waals surface area contributed by atoms with Gasteiger partial charge in [-0.25, -0.2) is 0 Å². The van der Waals surface area contributed by atoms with E-state index in [1.807, 2.05) is 0 Å². The zero-order chi connectivity index (χ0) is 13.9. The fraction of sp³-hybridized carbons (Fsp3) is 0.562. The maximum atomic E-state index is 12.9. The lowest BCUT2D eigenvalue weighted by Gasteiger charge is -2.30. The molecule has 0 aliphatic carbocycles. The lowest BCUT2D eigenvalue weighted by Crippen LogP contribution is -2.45. The minimum absolute atomic E-state index is 0.0899. The van der Waals surface area contributed by atoms with E-state index in [0.29, 0.717) is 11.9 Å². The lowest BCUT2D eigenvalue weighted by molar-refractivity contribution is -0.132. The quantitative estimate of drug-likeness (QED) is 0.752. The standard InChI is InChI=1S/C16H20BrNOS/c17-11-13-7-2-1-5-9-18(13)16(19)15-10-12-6-3-4-8-14(12)20-15/h3-4,6,8,13,15H,1-2,5,7,9-11H2. The number of fused-ring (bicyclic) bond motifs is 1. The van der Waals surface area contributed by atoms with Gasteiger partial charge in [-0.05, 0) is 30.9 Å². The fourth-order valence-electron chi connectivity index (χ4n) is 3.13. The molecule has 2 aliphatic rings. The van der Waals surface area contributed by atoms with E-state index in [0.717, 1.165) is 31.1 Å². The monoisotopic (exact) mass is 353 g/mol. The van der Waals surface area contributed by atoms with Crippen LogP contribution in [0.2, 0.25) is 0 Å². The summed E-state index contributed by atoms with van der Waals surface area (Å²) >= 11 is 5.34. The van der Waals surface area contributed by atoms with Crippen LogP contribution in [0, 0.1) is 0 Å². The molecular formula is C16H20BrNOS. The molecule has 0 saturated carbocycles. The molecule has 108 valence electrons. The van der Waals surface area contributed by atoms with Crippen molar-refractivity contribution in [3.8, 4) is 0 Å². The third-order valence-electron chi connectivity index (χ3n) is 4.26. The molecule has 0 N–H and O–H groups in total. The summed E-state index contributed by atoms with van der Waals surface area (Å²) in [6.45, 7) is 0.933. The van der Waals surface area contributed by atoms with Gasteiger partial charge in [-0.2, -0.15) is 0 Å². The summed E-state index contributed by atoms with van der Waals surface area (Å²) < 4.78 is 0. The van der Waals surface area contributed by atoms with Crippen LogP contribution in [0.4, 0.5) is 0 Å². The van der Waals surface area contributed by atoms with Crippen LogP contribution < -0.4 is 0 Å². The highest BCUT2D eigenvalue weighted by molar-refractivity contribution is 9.09. The summed E-state index contributed by atoms with van der Waals surface area (Å²) in [7, 11) is 0. The van der Waals surface area contributed by atoms with Gasteiger partial charge in [0.25, 0.3) is 0 Å². The van der Waals surface area contributed by atoms with E-state index in [4.69, 9.17) is 0 Å². The molecule has 2 atom stereocenters. The highest BCUT2D eigenvalue weighted by Gasteiger charge is 2.34. The molecule has 3 rings (SSSR count). The van der Waals surface area contributed by atoms with Gasteiger partial charge in [0.2, 0.25) is 5.91 Å². The third-order valence-corrected chi connectivity index (χ3v) is 6.31. The molecule has 0 aromatic heterocycles. The van der Waals surface area contributed by atoms with Gasteiger partial charge in [-0.1, -0.05) is 47.0 Å². The molecule has 1 fully saturated rings. The number of halogens is 1. The summed E-state index contributed by atoms with van der Waals surface area (Å²) in [6, 6.07) is 8.80. The van der Waals surface area contributed by atoms with Crippen molar-refractivity contribution in [2.45, 2.75) is 48.3 Å². The first-order valence-corrected chi connectivity index (χ1v) is 9.40. The average Bonchev–Trinajstić information content (AvgIpc) is 2.77. The predicted molar refractivity (Wildman–Crippen MR) is 87.6 cm³/mol. The molecule has 2 nitrogen and oxygen atoms in total. The summed E-state index contributed by atoms with van der Waals surface area (Å²) in [6.07, 6.45) is 5.69. The Morgan fingerprint density at radius 3 is 2.95 bits per heavy atom. The van der Waals surface area contributed by atoms with Crippen molar-refractivity contribution in [2.75, 3.05) is 11.9 Å². The molecule has 1 saturated heterocycles. The average molecular weight is 354 g/mol. The normalized spacial score (nSPS) is 26.1. The van der Waals surface area contributed by atoms with Crippen LogP contribution in [0.5, 0.6) is 0 Å². The minimum Gasteiger partial charge on any atom is -0.338 e. The molecule has 1 amide bonds. The van der Waals surface area contributed by atoms with Crippen LogP contribution in [0.25, 0.3) is 0 Å². The molecule has 0 spiro atoms. The molecule has 0 radical (unpaired) electrons. The largest absolute Gasteiger partial charge is 0.338 e. The number of thioether (sulfide) groups is 1. The number of carbonyl (C=O) groups is 1. The van der Waals surface area contributed by atoms with E-state index >= 15 is 0 Å². The summed E-state index contributed by atoms with van der Waals surface area (Å²) in [5.41, 5.74) is 1.33. The minimum atomic E-state index is 0.0899. The summed E-state index contributed by atoms with van der Waals surface area (Å²) in [5, 5.41) is 0.996. The van der Waals surface area contributed by atoms with Crippen LogP contribution in [-0.2, 0) is 11.2 Å². The molecule has 2 heterocycles. The number of amides is 1. The Hall–Kier alpha value is -0.480. The van der Waals surface area contributed by atoms with Crippen molar-refractivity contribution in [3.63, 3.8) is 0 Å². The lowest BCUT2D eigenvalue weighted by atomic mass is 10.1. The predicted octanol–water partition coefficient (Wildman–Crippen LogP) is 3.87. The number of carbonyl (C=O) groups excluding carboxylic acids is 1. The molecule has 1 aromatic rings. The molecule has 2 unspecified atom stereocenters. The molecular weight excluding hydrogens is 334 g/mol. The summed E-state index contributed by atoms with van der Waals surface area (Å²) in [5.74, 6) is 0.345. The second-order valence-corrected chi connectivity index (χ2v) is 7.50. The number of benzene rings is 1.